The van der Waals surface area contributed by atoms with Gasteiger partial charge in [-0.2, -0.15) is 0 Å². The minimum Gasteiger partial charge on any atom is -0.483 e. The van der Waals surface area contributed by atoms with Crippen LogP contribution in [-0.4, -0.2) is 23.7 Å². The van der Waals surface area contributed by atoms with E-state index in [1.165, 1.54) is 5.56 Å². The maximum absolute atomic E-state index is 12.0. The van der Waals surface area contributed by atoms with E-state index in [1.807, 2.05) is 31.2 Å². The first kappa shape index (κ1) is 18.5. The molecule has 24 heavy (non-hydrogen) atoms. The van der Waals surface area contributed by atoms with Crippen LogP contribution in [0.3, 0.4) is 0 Å². The quantitative estimate of drug-likeness (QED) is 0.724. The molecule has 0 aliphatic rings. The predicted molar refractivity (Wildman–Crippen MR) is 97.9 cm³/mol. The molecule has 1 atom stereocenters. The zero-order valence-corrected chi connectivity index (χ0v) is 15.3. The summed E-state index contributed by atoms with van der Waals surface area (Å²) in [4.78, 5) is 12.0. The molecule has 1 amide bonds. The van der Waals surface area contributed by atoms with Crippen LogP contribution in [0.15, 0.2) is 53.0 Å². The van der Waals surface area contributed by atoms with Gasteiger partial charge in [-0.25, -0.2) is 0 Å². The Morgan fingerprint density at radius 1 is 1.25 bits per heavy atom. The fraction of sp³-hybridized carbons (Fsp3) is 0.316. The van der Waals surface area contributed by atoms with E-state index >= 15 is 0 Å². The minimum atomic E-state index is -0.164. The van der Waals surface area contributed by atoms with Gasteiger partial charge in [0.05, 0.1) is 6.61 Å². The van der Waals surface area contributed by atoms with Crippen molar-refractivity contribution in [2.45, 2.75) is 32.4 Å². The van der Waals surface area contributed by atoms with E-state index in [2.05, 4.69) is 33.4 Å². The van der Waals surface area contributed by atoms with Crippen LogP contribution in [0.4, 0.5) is 0 Å². The van der Waals surface area contributed by atoms with Crippen molar-refractivity contribution in [1.29, 1.82) is 0 Å². The van der Waals surface area contributed by atoms with Gasteiger partial charge in [0.1, 0.15) is 5.75 Å². The minimum absolute atomic E-state index is 0.0652. The van der Waals surface area contributed by atoms with Crippen molar-refractivity contribution in [3.8, 4) is 5.75 Å². The topological polar surface area (TPSA) is 58.6 Å². The third kappa shape index (κ3) is 5.98. The van der Waals surface area contributed by atoms with Gasteiger partial charge in [-0.1, -0.05) is 46.3 Å². The summed E-state index contributed by atoms with van der Waals surface area (Å²) in [5.41, 5.74) is 1.91. The van der Waals surface area contributed by atoms with Gasteiger partial charge in [-0.05, 0) is 43.5 Å². The highest BCUT2D eigenvalue weighted by atomic mass is 79.9. The monoisotopic (exact) mass is 391 g/mol. The summed E-state index contributed by atoms with van der Waals surface area (Å²) < 4.78 is 6.37. The highest BCUT2D eigenvalue weighted by Crippen LogP contribution is 2.23. The highest BCUT2D eigenvalue weighted by molar-refractivity contribution is 9.10. The summed E-state index contributed by atoms with van der Waals surface area (Å²) in [5, 5.41) is 12.3. The van der Waals surface area contributed by atoms with Crippen molar-refractivity contribution in [1.82, 2.24) is 5.32 Å². The molecule has 2 aromatic carbocycles. The van der Waals surface area contributed by atoms with E-state index in [9.17, 15) is 9.90 Å². The summed E-state index contributed by atoms with van der Waals surface area (Å²) >= 11 is 3.34. The number of carbonyl (C=O) groups excluding carboxylic acids is 1. The van der Waals surface area contributed by atoms with Crippen LogP contribution in [0, 0.1) is 0 Å². The number of nitrogens with one attached hydrogen (secondary N) is 1. The number of aryl methyl sites for hydroxylation is 1. The lowest BCUT2D eigenvalue weighted by atomic mass is 10.1. The molecule has 0 heterocycles. The Kier molecular flexibility index (Phi) is 7.28. The average Bonchev–Trinajstić information content (AvgIpc) is 2.59. The van der Waals surface area contributed by atoms with Crippen molar-refractivity contribution >= 4 is 21.8 Å². The van der Waals surface area contributed by atoms with Crippen molar-refractivity contribution in [2.24, 2.45) is 0 Å². The lowest BCUT2D eigenvalue weighted by Gasteiger charge is -2.15. The summed E-state index contributed by atoms with van der Waals surface area (Å²) in [6.45, 7) is 1.79. The van der Waals surface area contributed by atoms with E-state index in [1.54, 1.807) is 12.1 Å². The number of halogens is 1. The molecule has 2 N–H and O–H groups in total. The number of aliphatic hydroxyl groups is 1. The van der Waals surface area contributed by atoms with E-state index in [0.717, 1.165) is 17.3 Å². The van der Waals surface area contributed by atoms with Gasteiger partial charge in [-0.15, -0.1) is 0 Å². The fourth-order valence-corrected chi connectivity index (χ4v) is 2.78. The molecular weight excluding hydrogens is 370 g/mol. The van der Waals surface area contributed by atoms with E-state index < -0.39 is 0 Å². The molecule has 0 aromatic heterocycles. The Hall–Kier alpha value is -1.85. The van der Waals surface area contributed by atoms with Gasteiger partial charge in [0, 0.05) is 16.1 Å². The Labute approximate surface area is 151 Å². The van der Waals surface area contributed by atoms with Crippen LogP contribution in [0.25, 0.3) is 0 Å². The SMILES string of the molecule is C[C@@H](CCc1ccccc1)NC(=O)COc1ccc(Br)cc1CO. The molecule has 0 saturated heterocycles. The molecule has 0 radical (unpaired) electrons. The van der Waals surface area contributed by atoms with Crippen LogP contribution >= 0.6 is 15.9 Å². The van der Waals surface area contributed by atoms with Crippen LogP contribution in [0.1, 0.15) is 24.5 Å². The van der Waals surface area contributed by atoms with Crippen molar-refractivity contribution in [2.75, 3.05) is 6.61 Å². The fourth-order valence-electron chi connectivity index (χ4n) is 2.37. The molecular formula is C19H22BrNO3. The van der Waals surface area contributed by atoms with Crippen LogP contribution < -0.4 is 10.1 Å². The lowest BCUT2D eigenvalue weighted by Crippen LogP contribution is -2.36. The van der Waals surface area contributed by atoms with Crippen molar-refractivity contribution in [3.05, 3.63) is 64.1 Å². The number of amides is 1. The highest BCUT2D eigenvalue weighted by Gasteiger charge is 2.10. The van der Waals surface area contributed by atoms with Gasteiger partial charge in [0.25, 0.3) is 5.91 Å². The Morgan fingerprint density at radius 3 is 2.71 bits per heavy atom. The second kappa shape index (κ2) is 9.45. The molecule has 2 aromatic rings. The van der Waals surface area contributed by atoms with Crippen LogP contribution in [0.5, 0.6) is 5.75 Å². The molecule has 128 valence electrons. The van der Waals surface area contributed by atoms with Gasteiger partial charge in [0.15, 0.2) is 6.61 Å². The predicted octanol–water partition coefficient (Wildman–Crippen LogP) is 3.46. The van der Waals surface area contributed by atoms with E-state index in [0.29, 0.717) is 11.3 Å². The number of hydrogen-bond acceptors (Lipinski definition) is 3. The number of carbonyl (C=O) groups is 1. The first-order valence-corrected chi connectivity index (χ1v) is 8.73. The third-order valence-corrected chi connectivity index (χ3v) is 4.16. The smallest absolute Gasteiger partial charge is 0.258 e. The van der Waals surface area contributed by atoms with Crippen molar-refractivity contribution in [3.63, 3.8) is 0 Å². The molecule has 0 aliphatic carbocycles. The standard InChI is InChI=1S/C19H22BrNO3/c1-14(7-8-15-5-3-2-4-6-15)21-19(23)13-24-18-10-9-17(20)11-16(18)12-22/h2-6,9-11,14,22H,7-8,12-13H2,1H3,(H,21,23)/t14-/m0/s1. The molecule has 0 unspecified atom stereocenters. The number of aliphatic hydroxyl groups excluding tert-OH is 1. The number of benzene rings is 2. The number of rotatable bonds is 8. The Bertz CT molecular complexity index is 661. The average molecular weight is 392 g/mol. The molecule has 2 rings (SSSR count). The maximum Gasteiger partial charge on any atom is 0.258 e. The first-order chi connectivity index (χ1) is 11.6. The third-order valence-electron chi connectivity index (χ3n) is 3.67. The molecule has 0 fully saturated rings. The van der Waals surface area contributed by atoms with E-state index in [-0.39, 0.29) is 25.2 Å². The summed E-state index contributed by atoms with van der Waals surface area (Å²) in [6.07, 6.45) is 1.79. The first-order valence-electron chi connectivity index (χ1n) is 7.94. The van der Waals surface area contributed by atoms with E-state index in [4.69, 9.17) is 4.74 Å². The lowest BCUT2D eigenvalue weighted by molar-refractivity contribution is -0.123. The zero-order valence-electron chi connectivity index (χ0n) is 13.7. The van der Waals surface area contributed by atoms with Gasteiger partial charge in [-0.3, -0.25) is 4.79 Å². The Morgan fingerprint density at radius 2 is 2.00 bits per heavy atom. The Balaban J connectivity index is 1.76. The normalized spacial score (nSPS) is 11.8. The largest absolute Gasteiger partial charge is 0.483 e. The van der Waals surface area contributed by atoms with Crippen LogP contribution in [-0.2, 0) is 17.8 Å². The molecule has 0 aliphatic heterocycles. The number of hydrogen-bond donors (Lipinski definition) is 2. The molecule has 0 spiro atoms. The zero-order chi connectivity index (χ0) is 17.4. The van der Waals surface area contributed by atoms with Gasteiger partial charge < -0.3 is 15.2 Å². The summed E-state index contributed by atoms with van der Waals surface area (Å²) in [6, 6.07) is 15.6. The summed E-state index contributed by atoms with van der Waals surface area (Å²) in [5.74, 6) is 0.357. The molecule has 0 saturated carbocycles. The second-order valence-electron chi connectivity index (χ2n) is 5.69. The summed E-state index contributed by atoms with van der Waals surface area (Å²) in [7, 11) is 0. The molecule has 0 bridgehead atoms. The maximum atomic E-state index is 12.0. The van der Waals surface area contributed by atoms with Gasteiger partial charge in [0.2, 0.25) is 0 Å². The number of ether oxygens (including phenoxy) is 1. The molecule has 5 heteroatoms. The van der Waals surface area contributed by atoms with Crippen molar-refractivity contribution < 1.29 is 14.6 Å². The van der Waals surface area contributed by atoms with Crippen LogP contribution in [0.2, 0.25) is 0 Å². The molecule has 4 nitrogen and oxygen atoms in total. The van der Waals surface area contributed by atoms with Gasteiger partial charge >= 0.3 is 0 Å². The second-order valence-corrected chi connectivity index (χ2v) is 6.61.